The lowest BCUT2D eigenvalue weighted by molar-refractivity contribution is 0.584. The van der Waals surface area contributed by atoms with Gasteiger partial charge in [0, 0.05) is 6.04 Å². The van der Waals surface area contributed by atoms with Gasteiger partial charge in [-0.05, 0) is 13.8 Å². The summed E-state index contributed by atoms with van der Waals surface area (Å²) in [5.74, 6) is 0. The molecule has 0 spiro atoms. The smallest absolute Gasteiger partial charge is 0.246 e. The van der Waals surface area contributed by atoms with Crippen LogP contribution in [0.4, 0.5) is 0 Å². The Bertz CT molecular complexity index is 46.1. The Kier molecular flexibility index (Phi) is 3.29. The minimum Gasteiger partial charge on any atom is -0.256 e. The maximum Gasteiger partial charge on any atom is 0.246 e. The first-order valence-electron chi connectivity index (χ1n) is 1.85. The quantitative estimate of drug-likeness (QED) is 0.534. The van der Waals surface area contributed by atoms with E-state index in [1.165, 1.54) is 0 Å². The van der Waals surface area contributed by atoms with E-state index >= 15 is 0 Å². The molecule has 0 rings (SSSR count). The normalized spacial score (nSPS) is 10.5. The first kappa shape index (κ1) is 6.06. The standard InChI is InChI=1S/C3H8NOP/c1-3(2)4-6-5/h3H,1-2H3,(H,4,5). The van der Waals surface area contributed by atoms with Crippen LogP contribution in [0.5, 0.6) is 0 Å². The van der Waals surface area contributed by atoms with Crippen LogP contribution in [-0.4, -0.2) is 6.04 Å². The molecule has 2 nitrogen and oxygen atoms in total. The molecule has 0 bridgehead atoms. The van der Waals surface area contributed by atoms with E-state index in [4.69, 9.17) is 0 Å². The Labute approximate surface area is 39.2 Å². The zero-order valence-corrected chi connectivity index (χ0v) is 4.83. The molecular formula is C3H8NOP. The Balaban J connectivity index is 2.81. The van der Waals surface area contributed by atoms with Crippen molar-refractivity contribution >= 4 is 8.61 Å². The summed E-state index contributed by atoms with van der Waals surface area (Å²) in [7, 11) is 0.0239. The molecule has 0 saturated heterocycles. The molecule has 0 heterocycles. The molecule has 0 unspecified atom stereocenters. The zero-order valence-electron chi connectivity index (χ0n) is 3.93. The van der Waals surface area contributed by atoms with E-state index in [1.807, 2.05) is 13.8 Å². The summed E-state index contributed by atoms with van der Waals surface area (Å²) >= 11 is 0. The fourth-order valence-corrected chi connectivity index (χ4v) is 0.316. The second-order valence-corrected chi connectivity index (χ2v) is 1.82. The summed E-state index contributed by atoms with van der Waals surface area (Å²) in [6.45, 7) is 3.87. The molecule has 0 aromatic carbocycles. The van der Waals surface area contributed by atoms with Crippen LogP contribution in [0, 0.1) is 0 Å². The van der Waals surface area contributed by atoms with Crippen LogP contribution < -0.4 is 5.09 Å². The molecule has 3 heteroatoms. The van der Waals surface area contributed by atoms with Crippen molar-refractivity contribution in [3.63, 3.8) is 0 Å². The molecule has 0 aromatic heterocycles. The van der Waals surface area contributed by atoms with Crippen LogP contribution in [0.1, 0.15) is 13.8 Å². The van der Waals surface area contributed by atoms with E-state index in [9.17, 15) is 4.57 Å². The largest absolute Gasteiger partial charge is 0.256 e. The fourth-order valence-electron chi connectivity index (χ4n) is 0.105. The predicted molar refractivity (Wildman–Crippen MR) is 25.9 cm³/mol. The van der Waals surface area contributed by atoms with Gasteiger partial charge in [-0.15, -0.1) is 0 Å². The van der Waals surface area contributed by atoms with Gasteiger partial charge in [0.15, 0.2) is 0 Å². The second kappa shape index (κ2) is 3.26. The number of rotatable bonds is 2. The predicted octanol–water partition coefficient (Wildman–Crippen LogP) is 1.19. The molecule has 36 valence electrons. The van der Waals surface area contributed by atoms with E-state index < -0.39 is 0 Å². The highest BCUT2D eigenvalue weighted by Gasteiger charge is 1.83. The average Bonchev–Trinajstić information content (AvgIpc) is 1.35. The Morgan fingerprint density at radius 2 is 2.17 bits per heavy atom. The van der Waals surface area contributed by atoms with Crippen LogP contribution in [0.25, 0.3) is 0 Å². The van der Waals surface area contributed by atoms with Gasteiger partial charge < -0.3 is 0 Å². The second-order valence-electron chi connectivity index (χ2n) is 1.38. The van der Waals surface area contributed by atoms with E-state index in [0.717, 1.165) is 0 Å². The lowest BCUT2D eigenvalue weighted by Gasteiger charge is -1.92. The van der Waals surface area contributed by atoms with Gasteiger partial charge >= 0.3 is 0 Å². The van der Waals surface area contributed by atoms with Crippen molar-refractivity contribution in [3.05, 3.63) is 0 Å². The number of hydrogen-bond donors (Lipinski definition) is 1. The SMILES string of the molecule is CC(C)NP=O. The third kappa shape index (κ3) is 4.06. The lowest BCUT2D eigenvalue weighted by Crippen LogP contribution is -2.09. The molecule has 0 aliphatic heterocycles. The fraction of sp³-hybridized carbons (Fsp3) is 1.00. The third-order valence-corrected chi connectivity index (χ3v) is 0.933. The highest BCUT2D eigenvalue weighted by Crippen LogP contribution is 1.84. The van der Waals surface area contributed by atoms with Gasteiger partial charge in [0.25, 0.3) is 0 Å². The van der Waals surface area contributed by atoms with Gasteiger partial charge in [-0.3, -0.25) is 4.57 Å². The van der Waals surface area contributed by atoms with Crippen molar-refractivity contribution in [2.45, 2.75) is 19.9 Å². The van der Waals surface area contributed by atoms with Crippen LogP contribution in [-0.2, 0) is 4.57 Å². The number of nitrogens with one attached hydrogen (secondary N) is 1. The van der Waals surface area contributed by atoms with E-state index in [1.54, 1.807) is 0 Å². The van der Waals surface area contributed by atoms with Crippen molar-refractivity contribution in [2.75, 3.05) is 0 Å². The van der Waals surface area contributed by atoms with Crippen molar-refractivity contribution in [3.8, 4) is 0 Å². The minimum atomic E-state index is 0.0239. The molecule has 0 aliphatic carbocycles. The topological polar surface area (TPSA) is 29.1 Å². The van der Waals surface area contributed by atoms with Gasteiger partial charge in [0.2, 0.25) is 8.61 Å². The van der Waals surface area contributed by atoms with Gasteiger partial charge in [-0.1, -0.05) is 0 Å². The zero-order chi connectivity index (χ0) is 4.99. The summed E-state index contributed by atoms with van der Waals surface area (Å²) in [5, 5.41) is 2.62. The first-order chi connectivity index (χ1) is 2.77. The van der Waals surface area contributed by atoms with Crippen molar-refractivity contribution in [1.82, 2.24) is 5.09 Å². The first-order valence-corrected chi connectivity index (χ1v) is 2.66. The molecule has 0 aliphatic rings. The van der Waals surface area contributed by atoms with E-state index in [-0.39, 0.29) is 8.61 Å². The molecular weight excluding hydrogens is 97.0 g/mol. The maximum atomic E-state index is 9.60. The summed E-state index contributed by atoms with van der Waals surface area (Å²) in [6, 6.07) is 0.323. The van der Waals surface area contributed by atoms with Gasteiger partial charge in [-0.25, -0.2) is 5.09 Å². The van der Waals surface area contributed by atoms with Gasteiger partial charge in [0.05, 0.1) is 0 Å². The molecule has 0 fully saturated rings. The van der Waals surface area contributed by atoms with Crippen LogP contribution >= 0.6 is 8.61 Å². The van der Waals surface area contributed by atoms with Gasteiger partial charge in [-0.2, -0.15) is 0 Å². The monoisotopic (exact) mass is 105 g/mol. The lowest BCUT2D eigenvalue weighted by atomic mass is 10.4. The van der Waals surface area contributed by atoms with Crippen LogP contribution in [0.3, 0.4) is 0 Å². The minimum absolute atomic E-state index is 0.0239. The Hall–Kier alpha value is 0.0600. The molecule has 0 radical (unpaired) electrons. The third-order valence-electron chi connectivity index (χ3n) is 0.311. The van der Waals surface area contributed by atoms with Crippen molar-refractivity contribution in [1.29, 1.82) is 0 Å². The highest BCUT2D eigenvalue weighted by molar-refractivity contribution is 7.21. The summed E-state index contributed by atoms with van der Waals surface area (Å²) in [4.78, 5) is 0. The van der Waals surface area contributed by atoms with Gasteiger partial charge in [0.1, 0.15) is 0 Å². The van der Waals surface area contributed by atoms with Crippen LogP contribution in [0.15, 0.2) is 0 Å². The van der Waals surface area contributed by atoms with Crippen molar-refractivity contribution in [2.24, 2.45) is 0 Å². The highest BCUT2D eigenvalue weighted by atomic mass is 31.1. The summed E-state index contributed by atoms with van der Waals surface area (Å²) in [5.41, 5.74) is 0. The average molecular weight is 105 g/mol. The Morgan fingerprint density at radius 3 is 2.17 bits per heavy atom. The number of hydrogen-bond acceptors (Lipinski definition) is 1. The molecule has 0 saturated carbocycles. The molecule has 0 atom stereocenters. The molecule has 1 N–H and O–H groups in total. The summed E-state index contributed by atoms with van der Waals surface area (Å²) < 4.78 is 9.60. The molecule has 0 amide bonds. The van der Waals surface area contributed by atoms with Crippen molar-refractivity contribution < 1.29 is 4.57 Å². The molecule has 6 heavy (non-hydrogen) atoms. The van der Waals surface area contributed by atoms with Crippen LogP contribution in [0.2, 0.25) is 0 Å². The molecule has 0 aromatic rings. The van der Waals surface area contributed by atoms with E-state index in [0.29, 0.717) is 6.04 Å². The Morgan fingerprint density at radius 1 is 1.67 bits per heavy atom. The maximum absolute atomic E-state index is 9.60. The summed E-state index contributed by atoms with van der Waals surface area (Å²) in [6.07, 6.45) is 0. The van der Waals surface area contributed by atoms with E-state index in [2.05, 4.69) is 5.09 Å².